The molecule has 0 amide bonds. The van der Waals surface area contributed by atoms with Crippen molar-refractivity contribution >= 4 is 11.7 Å². The molecule has 1 saturated heterocycles. The van der Waals surface area contributed by atoms with Crippen LogP contribution in [-0.2, 0) is 29.0 Å². The van der Waals surface area contributed by atoms with Crippen LogP contribution in [0.15, 0.2) is 42.5 Å². The van der Waals surface area contributed by atoms with Crippen molar-refractivity contribution in [3.8, 4) is 11.1 Å². The van der Waals surface area contributed by atoms with Crippen LogP contribution in [0.5, 0.6) is 0 Å². The minimum absolute atomic E-state index is 0.162. The van der Waals surface area contributed by atoms with Gasteiger partial charge in [0.25, 0.3) is 0 Å². The number of hydrogen-bond acceptors (Lipinski definition) is 5. The van der Waals surface area contributed by atoms with Gasteiger partial charge in [0.05, 0.1) is 11.3 Å². The Morgan fingerprint density at radius 2 is 1.74 bits per heavy atom. The highest BCUT2D eigenvalue weighted by molar-refractivity contribution is 5.88. The van der Waals surface area contributed by atoms with Crippen LogP contribution in [0, 0.1) is 25.1 Å². The summed E-state index contributed by atoms with van der Waals surface area (Å²) < 4.78 is 20.6. The van der Waals surface area contributed by atoms with E-state index in [1.54, 1.807) is 6.07 Å². The number of piperidine rings is 1. The van der Waals surface area contributed by atoms with Crippen LogP contribution in [0.25, 0.3) is 11.1 Å². The lowest BCUT2D eigenvalue weighted by Crippen LogP contribution is -2.39. The molecule has 1 N–H and O–H groups in total. The Bertz CT molecular complexity index is 1500. The predicted molar refractivity (Wildman–Crippen MR) is 170 cm³/mol. The van der Waals surface area contributed by atoms with Gasteiger partial charge in [0.2, 0.25) is 0 Å². The highest BCUT2D eigenvalue weighted by atomic mass is 19.1. The van der Waals surface area contributed by atoms with Gasteiger partial charge in [-0.1, -0.05) is 50.2 Å². The van der Waals surface area contributed by atoms with Gasteiger partial charge >= 0.3 is 5.97 Å². The number of aromatic nitrogens is 1. The van der Waals surface area contributed by atoms with Crippen LogP contribution in [0.1, 0.15) is 87.2 Å². The Morgan fingerprint density at radius 1 is 1.05 bits per heavy atom. The zero-order valence-corrected chi connectivity index (χ0v) is 26.8. The second-order valence-corrected chi connectivity index (χ2v) is 14.1. The number of ether oxygens (including phenoxy) is 1. The van der Waals surface area contributed by atoms with Crippen LogP contribution in [0.4, 0.5) is 10.1 Å². The average Bonchev–Trinajstić information content (AvgIpc) is 2.92. The topological polar surface area (TPSA) is 65.9 Å². The van der Waals surface area contributed by atoms with Crippen molar-refractivity contribution in [2.45, 2.75) is 92.5 Å². The molecule has 0 saturated carbocycles. The Balaban J connectivity index is 1.57. The van der Waals surface area contributed by atoms with E-state index in [2.05, 4.69) is 41.8 Å². The van der Waals surface area contributed by atoms with Gasteiger partial charge in [-0.15, -0.1) is 0 Å². The molecule has 2 aromatic carbocycles. The lowest BCUT2D eigenvalue weighted by atomic mass is 9.81. The fourth-order valence-corrected chi connectivity index (χ4v) is 6.52. The molecule has 3 aromatic rings. The number of benzene rings is 2. The number of carbonyl (C=O) groups is 1. The lowest BCUT2D eigenvalue weighted by molar-refractivity contribution is -0.160. The Kier molecular flexibility index (Phi) is 8.70. The van der Waals surface area contributed by atoms with Crippen LogP contribution in [-0.4, -0.2) is 46.2 Å². The third-order valence-corrected chi connectivity index (χ3v) is 8.91. The zero-order valence-electron chi connectivity index (χ0n) is 26.8. The molecule has 5 rings (SSSR count). The van der Waals surface area contributed by atoms with Crippen molar-refractivity contribution in [3.63, 3.8) is 0 Å². The summed E-state index contributed by atoms with van der Waals surface area (Å²) >= 11 is 0. The summed E-state index contributed by atoms with van der Waals surface area (Å²) in [6.07, 6.45) is 1.76. The molecule has 2 aliphatic rings. The number of carboxylic acids is 1. The minimum Gasteiger partial charge on any atom is -0.479 e. The van der Waals surface area contributed by atoms with Crippen LogP contribution in [0.2, 0.25) is 0 Å². The zero-order chi connectivity index (χ0) is 31.1. The number of fused-ring (bicyclic) bond motifs is 1. The number of rotatable bonds is 7. The van der Waals surface area contributed by atoms with Crippen LogP contribution >= 0.6 is 0 Å². The number of anilines is 1. The Morgan fingerprint density at radius 3 is 2.40 bits per heavy atom. The number of halogens is 1. The van der Waals surface area contributed by atoms with Crippen molar-refractivity contribution < 1.29 is 19.0 Å². The maximum Gasteiger partial charge on any atom is 0.337 e. The third-order valence-electron chi connectivity index (χ3n) is 8.91. The van der Waals surface area contributed by atoms with Crippen LogP contribution in [0.3, 0.4) is 0 Å². The fraction of sp³-hybridized carbons (Fsp3) is 0.500. The van der Waals surface area contributed by atoms with Crippen molar-refractivity contribution in [1.82, 2.24) is 9.88 Å². The van der Waals surface area contributed by atoms with Crippen molar-refractivity contribution in [3.05, 3.63) is 81.9 Å². The quantitative estimate of drug-likeness (QED) is 0.307. The summed E-state index contributed by atoms with van der Waals surface area (Å²) in [4.78, 5) is 22.4. The summed E-state index contributed by atoms with van der Waals surface area (Å²) in [5.74, 6) is -1.17. The molecule has 0 spiro atoms. The molecule has 1 aromatic heterocycles. The molecule has 0 aliphatic carbocycles. The maximum absolute atomic E-state index is 14.3. The van der Waals surface area contributed by atoms with Crippen LogP contribution < -0.4 is 4.90 Å². The first-order valence-electron chi connectivity index (χ1n) is 15.5. The molecule has 0 radical (unpaired) electrons. The SMILES string of the molecule is Cc1nc(C)c([C@H](OC(C)(C)C)C(=O)O)c(N2CCC(C)(C)CC2)c1-c1ccc2c(c1)CCN(Cc1ccccc1F)C2. The van der Waals surface area contributed by atoms with Gasteiger partial charge in [-0.05, 0) is 82.1 Å². The standard InChI is InChI=1S/C36H46FN3O3/c1-23-30(26-12-13-27-21-39(17-14-25(27)20-26)22-28-10-8-9-11-29(28)37)32(40-18-15-36(6,7)16-19-40)31(24(2)38-23)33(34(41)42)43-35(3,4)5/h8-13,20,33H,14-19,21-22H2,1-7H3,(H,41,42)/t33-/m0/s1. The average molecular weight is 588 g/mol. The lowest BCUT2D eigenvalue weighted by Gasteiger charge is -2.41. The maximum atomic E-state index is 14.3. The summed E-state index contributed by atoms with van der Waals surface area (Å²) in [5, 5.41) is 10.5. The largest absolute Gasteiger partial charge is 0.479 e. The molecule has 1 atom stereocenters. The Labute approximate surface area is 255 Å². The molecule has 230 valence electrons. The van der Waals surface area contributed by atoms with Crippen molar-refractivity contribution in [2.24, 2.45) is 5.41 Å². The summed E-state index contributed by atoms with van der Waals surface area (Å²) in [6.45, 7) is 18.1. The van der Waals surface area contributed by atoms with E-state index < -0.39 is 17.7 Å². The molecule has 6 nitrogen and oxygen atoms in total. The summed E-state index contributed by atoms with van der Waals surface area (Å²) in [5.41, 5.74) is 8.03. The summed E-state index contributed by atoms with van der Waals surface area (Å²) in [7, 11) is 0. The van der Waals surface area contributed by atoms with E-state index in [9.17, 15) is 14.3 Å². The molecule has 1 fully saturated rings. The molecule has 2 aliphatic heterocycles. The Hall–Kier alpha value is -3.29. The number of hydrogen-bond donors (Lipinski definition) is 1. The molecule has 0 unspecified atom stereocenters. The van der Waals surface area contributed by atoms with Gasteiger partial charge in [-0.3, -0.25) is 9.88 Å². The van der Waals surface area contributed by atoms with E-state index in [-0.39, 0.29) is 11.2 Å². The van der Waals surface area contributed by atoms with Gasteiger partial charge in [-0.25, -0.2) is 9.18 Å². The van der Waals surface area contributed by atoms with E-state index in [1.807, 2.05) is 46.8 Å². The molecule has 0 bridgehead atoms. The fourth-order valence-electron chi connectivity index (χ4n) is 6.52. The van der Waals surface area contributed by atoms with E-state index >= 15 is 0 Å². The molecule has 3 heterocycles. The first kappa shape index (κ1) is 31.1. The highest BCUT2D eigenvalue weighted by Crippen LogP contribution is 2.45. The number of aliphatic carboxylic acids is 1. The van der Waals surface area contributed by atoms with Crippen molar-refractivity contribution in [2.75, 3.05) is 24.5 Å². The summed E-state index contributed by atoms with van der Waals surface area (Å²) in [6, 6.07) is 13.6. The number of nitrogens with zero attached hydrogens (tertiary/aromatic N) is 3. The van der Waals surface area contributed by atoms with E-state index in [1.165, 1.54) is 17.2 Å². The van der Waals surface area contributed by atoms with E-state index in [0.29, 0.717) is 17.8 Å². The van der Waals surface area contributed by atoms with Gasteiger partial charge in [0.1, 0.15) is 5.82 Å². The first-order valence-corrected chi connectivity index (χ1v) is 15.5. The molecular formula is C36H46FN3O3. The van der Waals surface area contributed by atoms with Gasteiger partial charge < -0.3 is 14.7 Å². The molecular weight excluding hydrogens is 541 g/mol. The normalized spacial score (nSPS) is 17.9. The second kappa shape index (κ2) is 12.0. The molecule has 7 heteroatoms. The first-order chi connectivity index (χ1) is 20.2. The smallest absolute Gasteiger partial charge is 0.337 e. The van der Waals surface area contributed by atoms with E-state index in [4.69, 9.17) is 9.72 Å². The predicted octanol–water partition coefficient (Wildman–Crippen LogP) is 7.63. The number of pyridine rings is 1. The number of aryl methyl sites for hydroxylation is 2. The monoisotopic (exact) mass is 587 g/mol. The number of carboxylic acid groups (broad SMARTS) is 1. The van der Waals surface area contributed by atoms with Crippen molar-refractivity contribution in [1.29, 1.82) is 0 Å². The van der Waals surface area contributed by atoms with E-state index in [0.717, 1.165) is 73.5 Å². The third kappa shape index (κ3) is 6.94. The second-order valence-electron chi connectivity index (χ2n) is 14.1. The van der Waals surface area contributed by atoms with Gasteiger partial charge in [0.15, 0.2) is 6.10 Å². The van der Waals surface area contributed by atoms with Gasteiger partial charge in [-0.2, -0.15) is 0 Å². The highest BCUT2D eigenvalue weighted by Gasteiger charge is 2.36. The van der Waals surface area contributed by atoms with Gasteiger partial charge in [0, 0.05) is 60.8 Å². The molecule has 43 heavy (non-hydrogen) atoms. The minimum atomic E-state index is -1.14.